The summed E-state index contributed by atoms with van der Waals surface area (Å²) in [5, 5.41) is 3.31. The van der Waals surface area contributed by atoms with Crippen molar-refractivity contribution in [3.63, 3.8) is 0 Å². The topological polar surface area (TPSA) is 41.6 Å². The van der Waals surface area contributed by atoms with Crippen LogP contribution in [0.25, 0.3) is 0 Å². The van der Waals surface area contributed by atoms with Crippen molar-refractivity contribution in [2.45, 2.75) is 6.04 Å². The van der Waals surface area contributed by atoms with Gasteiger partial charge in [-0.3, -0.25) is 4.79 Å². The van der Waals surface area contributed by atoms with E-state index in [1.165, 1.54) is 6.07 Å². The van der Waals surface area contributed by atoms with Gasteiger partial charge in [-0.05, 0) is 40.2 Å². The van der Waals surface area contributed by atoms with Crippen molar-refractivity contribution in [1.29, 1.82) is 0 Å². The SMILES string of the molecule is COc1ccccc1C1CNCCN1C(=O)c1ccc(Br)c(F)c1.Cl. The zero-order chi connectivity index (χ0) is 17.1. The molecule has 4 nitrogen and oxygen atoms in total. The van der Waals surface area contributed by atoms with E-state index in [4.69, 9.17) is 4.74 Å². The van der Waals surface area contributed by atoms with Crippen molar-refractivity contribution >= 4 is 34.2 Å². The van der Waals surface area contributed by atoms with Crippen LogP contribution in [-0.4, -0.2) is 37.6 Å². The highest BCUT2D eigenvalue weighted by Crippen LogP contribution is 2.31. The molecule has 1 heterocycles. The number of benzene rings is 2. The van der Waals surface area contributed by atoms with Crippen molar-refractivity contribution in [2.24, 2.45) is 0 Å². The Morgan fingerprint density at radius 2 is 2.08 bits per heavy atom. The van der Waals surface area contributed by atoms with Crippen LogP contribution in [0, 0.1) is 5.82 Å². The summed E-state index contributed by atoms with van der Waals surface area (Å²) in [4.78, 5) is 14.7. The Morgan fingerprint density at radius 3 is 2.80 bits per heavy atom. The van der Waals surface area contributed by atoms with E-state index in [2.05, 4.69) is 21.2 Å². The van der Waals surface area contributed by atoms with Gasteiger partial charge in [0.25, 0.3) is 5.91 Å². The van der Waals surface area contributed by atoms with E-state index in [1.807, 2.05) is 24.3 Å². The molecule has 1 unspecified atom stereocenters. The first-order valence-electron chi connectivity index (χ1n) is 7.71. The van der Waals surface area contributed by atoms with E-state index >= 15 is 0 Å². The summed E-state index contributed by atoms with van der Waals surface area (Å²) >= 11 is 3.12. The third-order valence-electron chi connectivity index (χ3n) is 4.17. The van der Waals surface area contributed by atoms with Crippen molar-refractivity contribution in [1.82, 2.24) is 10.2 Å². The highest BCUT2D eigenvalue weighted by Gasteiger charge is 2.30. The van der Waals surface area contributed by atoms with Gasteiger partial charge in [0.15, 0.2) is 0 Å². The van der Waals surface area contributed by atoms with Crippen molar-refractivity contribution in [3.05, 3.63) is 63.9 Å². The van der Waals surface area contributed by atoms with Gasteiger partial charge in [-0.2, -0.15) is 0 Å². The predicted molar refractivity (Wildman–Crippen MR) is 101 cm³/mol. The van der Waals surface area contributed by atoms with Crippen LogP contribution >= 0.6 is 28.3 Å². The van der Waals surface area contributed by atoms with Crippen LogP contribution in [0.4, 0.5) is 4.39 Å². The maximum absolute atomic E-state index is 13.8. The fraction of sp³-hybridized carbons (Fsp3) is 0.278. The van der Waals surface area contributed by atoms with E-state index in [0.29, 0.717) is 29.7 Å². The van der Waals surface area contributed by atoms with Crippen LogP contribution in [0.15, 0.2) is 46.9 Å². The van der Waals surface area contributed by atoms with Gasteiger partial charge in [0.05, 0.1) is 17.6 Å². The molecule has 0 aromatic heterocycles. The zero-order valence-corrected chi connectivity index (χ0v) is 16.1. The van der Waals surface area contributed by atoms with Gasteiger partial charge < -0.3 is 15.0 Å². The summed E-state index contributed by atoms with van der Waals surface area (Å²) in [5.74, 6) is 0.120. The van der Waals surface area contributed by atoms with E-state index in [-0.39, 0.29) is 24.4 Å². The van der Waals surface area contributed by atoms with E-state index in [0.717, 1.165) is 11.3 Å². The lowest BCUT2D eigenvalue weighted by Gasteiger charge is -2.37. The monoisotopic (exact) mass is 428 g/mol. The first kappa shape index (κ1) is 19.7. The smallest absolute Gasteiger partial charge is 0.254 e. The molecular weight excluding hydrogens is 411 g/mol. The minimum absolute atomic E-state index is 0. The largest absolute Gasteiger partial charge is 0.496 e. The first-order chi connectivity index (χ1) is 11.6. The molecular formula is C18H19BrClFN2O2. The molecule has 3 rings (SSSR count). The van der Waals surface area contributed by atoms with Crippen LogP contribution < -0.4 is 10.1 Å². The average Bonchev–Trinajstić information content (AvgIpc) is 2.63. The number of hydrogen-bond donors (Lipinski definition) is 1. The Kier molecular flexibility index (Phi) is 6.81. The first-order valence-corrected chi connectivity index (χ1v) is 8.50. The maximum Gasteiger partial charge on any atom is 0.254 e. The molecule has 0 radical (unpaired) electrons. The fourth-order valence-corrected chi connectivity index (χ4v) is 3.21. The Morgan fingerprint density at radius 1 is 1.32 bits per heavy atom. The normalized spacial score (nSPS) is 16.9. The molecule has 0 bridgehead atoms. The number of nitrogens with one attached hydrogen (secondary N) is 1. The molecule has 1 atom stereocenters. The highest BCUT2D eigenvalue weighted by molar-refractivity contribution is 9.10. The predicted octanol–water partition coefficient (Wildman–Crippen LogP) is 3.81. The van der Waals surface area contributed by atoms with Gasteiger partial charge in [0.2, 0.25) is 0 Å². The second-order valence-corrected chi connectivity index (χ2v) is 6.44. The van der Waals surface area contributed by atoms with Crippen LogP contribution in [0.1, 0.15) is 22.0 Å². The van der Waals surface area contributed by atoms with Crippen LogP contribution in [0.5, 0.6) is 5.75 Å². The Hall–Kier alpha value is -1.63. The summed E-state index contributed by atoms with van der Waals surface area (Å²) in [6, 6.07) is 12.0. The van der Waals surface area contributed by atoms with Gasteiger partial charge >= 0.3 is 0 Å². The number of amides is 1. The van der Waals surface area contributed by atoms with Crippen molar-refractivity contribution in [2.75, 3.05) is 26.7 Å². The highest BCUT2D eigenvalue weighted by atomic mass is 79.9. The number of carbonyl (C=O) groups is 1. The van der Waals surface area contributed by atoms with Crippen LogP contribution in [0.3, 0.4) is 0 Å². The van der Waals surface area contributed by atoms with E-state index in [9.17, 15) is 9.18 Å². The Balaban J connectivity index is 0.00000225. The molecule has 1 N–H and O–H groups in total. The van der Waals surface area contributed by atoms with E-state index < -0.39 is 5.82 Å². The lowest BCUT2D eigenvalue weighted by atomic mass is 10.0. The lowest BCUT2D eigenvalue weighted by Crippen LogP contribution is -2.48. The number of halogens is 3. The number of nitrogens with zero attached hydrogens (tertiary/aromatic N) is 1. The molecule has 7 heteroatoms. The molecule has 25 heavy (non-hydrogen) atoms. The third-order valence-corrected chi connectivity index (χ3v) is 4.81. The van der Waals surface area contributed by atoms with Crippen molar-refractivity contribution in [3.8, 4) is 5.75 Å². The van der Waals surface area contributed by atoms with Crippen LogP contribution in [-0.2, 0) is 0 Å². The second kappa shape index (κ2) is 8.65. The molecule has 1 aliphatic heterocycles. The minimum Gasteiger partial charge on any atom is -0.496 e. The zero-order valence-electron chi connectivity index (χ0n) is 13.7. The number of para-hydroxylation sites is 1. The number of ether oxygens (including phenoxy) is 1. The molecule has 134 valence electrons. The quantitative estimate of drug-likeness (QED) is 0.807. The van der Waals surface area contributed by atoms with Gasteiger partial charge in [-0.15, -0.1) is 12.4 Å². The molecule has 2 aromatic carbocycles. The molecule has 0 spiro atoms. The third kappa shape index (κ3) is 4.14. The van der Waals surface area contributed by atoms with E-state index in [1.54, 1.807) is 24.1 Å². The summed E-state index contributed by atoms with van der Waals surface area (Å²) in [6.45, 7) is 1.89. The molecule has 2 aromatic rings. The molecule has 1 saturated heterocycles. The van der Waals surface area contributed by atoms with Gasteiger partial charge in [-0.25, -0.2) is 4.39 Å². The molecule has 0 saturated carbocycles. The average molecular weight is 430 g/mol. The number of carbonyl (C=O) groups excluding carboxylic acids is 1. The summed E-state index contributed by atoms with van der Waals surface area (Å²) < 4.78 is 19.6. The minimum atomic E-state index is -0.440. The number of rotatable bonds is 3. The maximum atomic E-state index is 13.8. The Bertz CT molecular complexity index is 760. The molecule has 1 fully saturated rings. The molecule has 0 aliphatic carbocycles. The summed E-state index contributed by atoms with van der Waals surface area (Å²) in [5.41, 5.74) is 1.29. The van der Waals surface area contributed by atoms with Gasteiger partial charge in [0.1, 0.15) is 11.6 Å². The fourth-order valence-electron chi connectivity index (χ4n) is 2.96. The van der Waals surface area contributed by atoms with Gasteiger partial charge in [0, 0.05) is 30.8 Å². The van der Waals surface area contributed by atoms with Gasteiger partial charge in [-0.1, -0.05) is 18.2 Å². The van der Waals surface area contributed by atoms with Crippen molar-refractivity contribution < 1.29 is 13.9 Å². The lowest BCUT2D eigenvalue weighted by molar-refractivity contribution is 0.0631. The molecule has 1 aliphatic rings. The summed E-state index contributed by atoms with van der Waals surface area (Å²) in [7, 11) is 1.62. The van der Waals surface area contributed by atoms with Crippen LogP contribution in [0.2, 0.25) is 0 Å². The molecule has 1 amide bonds. The summed E-state index contributed by atoms with van der Waals surface area (Å²) in [6.07, 6.45) is 0. The second-order valence-electron chi connectivity index (χ2n) is 5.59. The number of piperazine rings is 1. The number of methoxy groups -OCH3 is 1. The Labute approximate surface area is 160 Å². The number of hydrogen-bond acceptors (Lipinski definition) is 3. The standard InChI is InChI=1S/C18H18BrFN2O2.ClH/c1-24-17-5-3-2-4-13(17)16-11-21-8-9-22(16)18(23)12-6-7-14(19)15(20)10-12;/h2-7,10,16,21H,8-9,11H2,1H3;1H.